The van der Waals surface area contributed by atoms with Crippen molar-refractivity contribution in [3.8, 4) is 0 Å². The number of piperidine rings is 1. The summed E-state index contributed by atoms with van der Waals surface area (Å²) in [6.45, 7) is 8.39. The highest BCUT2D eigenvalue weighted by Crippen LogP contribution is 2.48. The molecule has 4 rings (SSSR count). The molecule has 1 aromatic carbocycles. The molecule has 2 aliphatic heterocycles. The van der Waals surface area contributed by atoms with Gasteiger partial charge in [-0.2, -0.15) is 0 Å². The van der Waals surface area contributed by atoms with Crippen molar-refractivity contribution in [3.05, 3.63) is 35.6 Å². The molecular formula is C19H25NO2. The van der Waals surface area contributed by atoms with Crippen molar-refractivity contribution >= 4 is 11.0 Å². The molecule has 2 aliphatic rings. The zero-order valence-electron chi connectivity index (χ0n) is 13.6. The summed E-state index contributed by atoms with van der Waals surface area (Å²) in [6.07, 6.45) is 3.59. The predicted molar refractivity (Wildman–Crippen MR) is 88.1 cm³/mol. The van der Waals surface area contributed by atoms with Gasteiger partial charge in [-0.1, -0.05) is 18.2 Å². The van der Waals surface area contributed by atoms with E-state index in [1.165, 1.54) is 36.1 Å². The zero-order chi connectivity index (χ0) is 15.2. The molecule has 0 saturated carbocycles. The molecule has 3 heteroatoms. The van der Waals surface area contributed by atoms with Gasteiger partial charge in [0, 0.05) is 30.0 Å². The van der Waals surface area contributed by atoms with Crippen LogP contribution in [0.15, 0.2) is 28.7 Å². The summed E-state index contributed by atoms with van der Waals surface area (Å²) in [5.74, 6) is 1.71. The van der Waals surface area contributed by atoms with Gasteiger partial charge in [0.2, 0.25) is 0 Å². The number of para-hydroxylation sites is 1. The molecule has 0 bridgehead atoms. The van der Waals surface area contributed by atoms with Crippen molar-refractivity contribution in [1.29, 1.82) is 0 Å². The van der Waals surface area contributed by atoms with Gasteiger partial charge >= 0.3 is 0 Å². The van der Waals surface area contributed by atoms with E-state index in [2.05, 4.69) is 43.0 Å². The molecule has 0 N–H and O–H groups in total. The van der Waals surface area contributed by atoms with E-state index >= 15 is 0 Å². The van der Waals surface area contributed by atoms with Crippen LogP contribution in [-0.2, 0) is 16.7 Å². The lowest BCUT2D eigenvalue weighted by Gasteiger charge is -2.51. The number of ether oxygens (including phenoxy) is 1. The Morgan fingerprint density at radius 2 is 2.18 bits per heavy atom. The van der Waals surface area contributed by atoms with Crippen LogP contribution in [-0.4, -0.2) is 31.2 Å². The minimum atomic E-state index is -0.0139. The van der Waals surface area contributed by atoms with Crippen LogP contribution in [0.25, 0.3) is 11.0 Å². The Morgan fingerprint density at radius 3 is 3.05 bits per heavy atom. The van der Waals surface area contributed by atoms with E-state index < -0.39 is 0 Å². The maximum Gasteiger partial charge on any atom is 0.134 e. The van der Waals surface area contributed by atoms with Crippen LogP contribution in [0.5, 0.6) is 0 Å². The van der Waals surface area contributed by atoms with E-state index in [0.29, 0.717) is 5.92 Å². The second-order valence-corrected chi connectivity index (χ2v) is 6.79. The van der Waals surface area contributed by atoms with Crippen LogP contribution < -0.4 is 0 Å². The molecule has 0 spiro atoms. The van der Waals surface area contributed by atoms with Crippen molar-refractivity contribution in [3.63, 3.8) is 0 Å². The lowest BCUT2D eigenvalue weighted by Crippen LogP contribution is -2.56. The number of hydrogen-bond acceptors (Lipinski definition) is 3. The van der Waals surface area contributed by atoms with Crippen LogP contribution in [0.4, 0.5) is 0 Å². The highest BCUT2D eigenvalue weighted by molar-refractivity contribution is 5.83. The van der Waals surface area contributed by atoms with E-state index in [1.807, 2.05) is 0 Å². The first-order valence-electron chi connectivity index (χ1n) is 8.58. The molecule has 22 heavy (non-hydrogen) atoms. The highest BCUT2D eigenvalue weighted by Gasteiger charge is 2.49. The molecule has 0 radical (unpaired) electrons. The summed E-state index contributed by atoms with van der Waals surface area (Å²) in [7, 11) is 0. The average Bonchev–Trinajstić information content (AvgIpc) is 2.93. The molecule has 1 saturated heterocycles. The third-order valence-electron chi connectivity index (χ3n) is 5.75. The lowest BCUT2D eigenvalue weighted by molar-refractivity contribution is -0.0552. The van der Waals surface area contributed by atoms with Gasteiger partial charge in [0.15, 0.2) is 0 Å². The first-order chi connectivity index (χ1) is 10.7. The minimum absolute atomic E-state index is 0.0139. The topological polar surface area (TPSA) is 25.6 Å². The number of fused-ring (bicyclic) bond motifs is 5. The standard InChI is InChI=1S/C19H25NO2/c1-3-21-13-14-7-6-11-20-12-10-16-15-8-4-5-9-17(15)22-18(16)19(14,20)2/h4-5,8-9,14H,3,6-7,10-13H2,1-2H3/t14-,19?/m0/s1. The first kappa shape index (κ1) is 14.3. The molecule has 118 valence electrons. The molecule has 0 aliphatic carbocycles. The fourth-order valence-electron chi connectivity index (χ4n) is 4.48. The van der Waals surface area contributed by atoms with Crippen molar-refractivity contribution in [1.82, 2.24) is 4.90 Å². The van der Waals surface area contributed by atoms with Gasteiger partial charge in [-0.05, 0) is 45.7 Å². The normalized spacial score (nSPS) is 28.5. The van der Waals surface area contributed by atoms with Crippen LogP contribution in [0.1, 0.15) is 38.0 Å². The molecule has 0 amide bonds. The van der Waals surface area contributed by atoms with Crippen molar-refractivity contribution < 1.29 is 9.15 Å². The molecule has 1 fully saturated rings. The van der Waals surface area contributed by atoms with Gasteiger partial charge in [0.1, 0.15) is 11.3 Å². The number of rotatable bonds is 3. The molecular weight excluding hydrogens is 274 g/mol. The molecule has 2 atom stereocenters. The van der Waals surface area contributed by atoms with Crippen molar-refractivity contribution in [2.75, 3.05) is 26.3 Å². The molecule has 2 aromatic rings. The Labute approximate surface area is 132 Å². The largest absolute Gasteiger partial charge is 0.459 e. The van der Waals surface area contributed by atoms with Gasteiger partial charge in [-0.15, -0.1) is 0 Å². The zero-order valence-corrected chi connectivity index (χ0v) is 13.6. The van der Waals surface area contributed by atoms with Crippen LogP contribution >= 0.6 is 0 Å². The Hall–Kier alpha value is -1.32. The molecule has 1 aromatic heterocycles. The summed E-state index contributed by atoms with van der Waals surface area (Å²) in [5, 5.41) is 1.30. The Morgan fingerprint density at radius 1 is 1.32 bits per heavy atom. The van der Waals surface area contributed by atoms with Gasteiger partial charge in [-0.25, -0.2) is 0 Å². The maximum absolute atomic E-state index is 6.38. The maximum atomic E-state index is 6.38. The number of benzene rings is 1. The van der Waals surface area contributed by atoms with E-state index in [4.69, 9.17) is 9.15 Å². The predicted octanol–water partition coefficient (Wildman–Crippen LogP) is 3.95. The second kappa shape index (κ2) is 5.39. The number of hydrogen-bond donors (Lipinski definition) is 0. The van der Waals surface area contributed by atoms with E-state index in [0.717, 1.165) is 31.8 Å². The summed E-state index contributed by atoms with van der Waals surface area (Å²) in [4.78, 5) is 2.63. The van der Waals surface area contributed by atoms with Gasteiger partial charge in [0.25, 0.3) is 0 Å². The Balaban J connectivity index is 1.83. The molecule has 1 unspecified atom stereocenters. The van der Waals surface area contributed by atoms with Gasteiger partial charge < -0.3 is 9.15 Å². The summed E-state index contributed by atoms with van der Waals surface area (Å²) in [6, 6.07) is 8.49. The van der Waals surface area contributed by atoms with Crippen LogP contribution in [0, 0.1) is 5.92 Å². The van der Waals surface area contributed by atoms with Gasteiger partial charge in [0.05, 0.1) is 12.1 Å². The number of furan rings is 1. The quantitative estimate of drug-likeness (QED) is 0.858. The van der Waals surface area contributed by atoms with Crippen LogP contribution in [0.3, 0.4) is 0 Å². The third kappa shape index (κ3) is 1.95. The van der Waals surface area contributed by atoms with Crippen molar-refractivity contribution in [2.45, 2.75) is 38.6 Å². The lowest BCUT2D eigenvalue weighted by atomic mass is 9.72. The Kier molecular flexibility index (Phi) is 3.50. The summed E-state index contributed by atoms with van der Waals surface area (Å²) < 4.78 is 12.2. The summed E-state index contributed by atoms with van der Waals surface area (Å²) >= 11 is 0. The smallest absolute Gasteiger partial charge is 0.134 e. The Bertz CT molecular complexity index is 677. The minimum Gasteiger partial charge on any atom is -0.459 e. The SMILES string of the molecule is CCOC[C@@H]1CCCN2CCc3c(oc4ccccc34)C12C. The van der Waals surface area contributed by atoms with Crippen molar-refractivity contribution in [2.24, 2.45) is 5.92 Å². The van der Waals surface area contributed by atoms with E-state index in [-0.39, 0.29) is 5.54 Å². The first-order valence-corrected chi connectivity index (χ1v) is 8.58. The highest BCUT2D eigenvalue weighted by atomic mass is 16.5. The van der Waals surface area contributed by atoms with Gasteiger partial charge in [-0.3, -0.25) is 4.90 Å². The van der Waals surface area contributed by atoms with E-state index in [1.54, 1.807) is 0 Å². The third-order valence-corrected chi connectivity index (χ3v) is 5.75. The molecule has 3 nitrogen and oxygen atoms in total. The van der Waals surface area contributed by atoms with Crippen LogP contribution in [0.2, 0.25) is 0 Å². The fraction of sp³-hybridized carbons (Fsp3) is 0.579. The molecule has 3 heterocycles. The second-order valence-electron chi connectivity index (χ2n) is 6.79. The number of nitrogens with zero attached hydrogens (tertiary/aromatic N) is 1. The fourth-order valence-corrected chi connectivity index (χ4v) is 4.48. The summed E-state index contributed by atoms with van der Waals surface area (Å²) in [5.41, 5.74) is 2.45. The average molecular weight is 299 g/mol. The van der Waals surface area contributed by atoms with E-state index in [9.17, 15) is 0 Å². The monoisotopic (exact) mass is 299 g/mol.